The Morgan fingerprint density at radius 2 is 2.09 bits per heavy atom. The van der Waals surface area contributed by atoms with Gasteiger partial charge in [-0.15, -0.1) is 0 Å². The predicted molar refractivity (Wildman–Crippen MR) is 88.8 cm³/mol. The Bertz CT molecular complexity index is 489. The van der Waals surface area contributed by atoms with Crippen molar-refractivity contribution in [2.45, 2.75) is 32.3 Å². The summed E-state index contributed by atoms with van der Waals surface area (Å²) in [7, 11) is 0. The molecule has 2 atom stereocenters. The highest BCUT2D eigenvalue weighted by molar-refractivity contribution is 6.31. The third-order valence-electron chi connectivity index (χ3n) is 4.45. The SMILES string of the molecule is CC(CC(=O)NCC(O)c1ccccc1Cl)C1CCNCC1. The number of carbonyl (C=O) groups is 1. The Hall–Kier alpha value is -1.10. The minimum absolute atomic E-state index is 0.00265. The monoisotopic (exact) mass is 324 g/mol. The van der Waals surface area contributed by atoms with Gasteiger partial charge in [-0.3, -0.25) is 4.79 Å². The van der Waals surface area contributed by atoms with Crippen LogP contribution in [-0.4, -0.2) is 30.6 Å². The standard InChI is InChI=1S/C17H25ClN2O2/c1-12(13-6-8-19-9-7-13)10-17(22)20-11-16(21)14-4-2-3-5-15(14)18/h2-5,12-13,16,19,21H,6-11H2,1H3,(H,20,22). The molecule has 1 fully saturated rings. The average molecular weight is 325 g/mol. The molecule has 0 aromatic heterocycles. The lowest BCUT2D eigenvalue weighted by molar-refractivity contribution is -0.122. The minimum atomic E-state index is -0.771. The van der Waals surface area contributed by atoms with Crippen molar-refractivity contribution in [1.82, 2.24) is 10.6 Å². The Morgan fingerprint density at radius 3 is 2.77 bits per heavy atom. The number of amides is 1. The molecule has 2 unspecified atom stereocenters. The van der Waals surface area contributed by atoms with E-state index in [9.17, 15) is 9.90 Å². The second kappa shape index (κ2) is 8.51. The lowest BCUT2D eigenvalue weighted by Crippen LogP contribution is -2.34. The van der Waals surface area contributed by atoms with Gasteiger partial charge in [-0.05, 0) is 43.8 Å². The number of rotatable bonds is 6. The molecule has 1 aromatic rings. The van der Waals surface area contributed by atoms with E-state index in [-0.39, 0.29) is 12.5 Å². The Balaban J connectivity index is 1.76. The van der Waals surface area contributed by atoms with Gasteiger partial charge in [0.15, 0.2) is 0 Å². The molecule has 0 saturated carbocycles. The highest BCUT2D eigenvalue weighted by Crippen LogP contribution is 2.25. The van der Waals surface area contributed by atoms with E-state index in [1.807, 2.05) is 12.1 Å². The van der Waals surface area contributed by atoms with Crippen LogP contribution >= 0.6 is 11.6 Å². The highest BCUT2D eigenvalue weighted by Gasteiger charge is 2.22. The van der Waals surface area contributed by atoms with Gasteiger partial charge in [0.2, 0.25) is 5.91 Å². The number of nitrogens with one attached hydrogen (secondary N) is 2. The molecule has 2 rings (SSSR count). The lowest BCUT2D eigenvalue weighted by Gasteiger charge is -2.28. The van der Waals surface area contributed by atoms with E-state index >= 15 is 0 Å². The molecule has 1 aliphatic heterocycles. The van der Waals surface area contributed by atoms with Crippen LogP contribution in [0.25, 0.3) is 0 Å². The smallest absolute Gasteiger partial charge is 0.220 e. The zero-order valence-electron chi connectivity index (χ0n) is 13.0. The molecule has 22 heavy (non-hydrogen) atoms. The summed E-state index contributed by atoms with van der Waals surface area (Å²) in [5.41, 5.74) is 0.649. The summed E-state index contributed by atoms with van der Waals surface area (Å²) in [4.78, 5) is 12.0. The van der Waals surface area contributed by atoms with E-state index in [1.54, 1.807) is 12.1 Å². The molecule has 122 valence electrons. The predicted octanol–water partition coefficient (Wildman–Crippen LogP) is 2.52. The van der Waals surface area contributed by atoms with E-state index in [0.717, 1.165) is 25.9 Å². The first-order valence-electron chi connectivity index (χ1n) is 7.98. The number of hydrogen-bond acceptors (Lipinski definition) is 3. The van der Waals surface area contributed by atoms with Gasteiger partial charge in [0.25, 0.3) is 0 Å². The average Bonchev–Trinajstić information content (AvgIpc) is 2.54. The fourth-order valence-electron chi connectivity index (χ4n) is 3.01. The third-order valence-corrected chi connectivity index (χ3v) is 4.80. The molecule has 0 bridgehead atoms. The first-order valence-corrected chi connectivity index (χ1v) is 8.35. The van der Waals surface area contributed by atoms with Crippen LogP contribution in [0.1, 0.15) is 37.9 Å². The summed E-state index contributed by atoms with van der Waals surface area (Å²) in [5, 5.41) is 16.8. The van der Waals surface area contributed by atoms with Gasteiger partial charge in [0.1, 0.15) is 0 Å². The van der Waals surface area contributed by atoms with Crippen molar-refractivity contribution in [2.75, 3.05) is 19.6 Å². The normalized spacial score (nSPS) is 18.7. The first kappa shape index (κ1) is 17.3. The van der Waals surface area contributed by atoms with Gasteiger partial charge >= 0.3 is 0 Å². The zero-order chi connectivity index (χ0) is 15.9. The van der Waals surface area contributed by atoms with Gasteiger partial charge in [0.05, 0.1) is 6.10 Å². The molecule has 1 aliphatic rings. The van der Waals surface area contributed by atoms with E-state index in [2.05, 4.69) is 17.6 Å². The van der Waals surface area contributed by atoms with Crippen LogP contribution in [0.4, 0.5) is 0 Å². The second-order valence-electron chi connectivity index (χ2n) is 6.11. The van der Waals surface area contributed by atoms with Gasteiger partial charge in [0, 0.05) is 23.6 Å². The van der Waals surface area contributed by atoms with E-state index in [0.29, 0.717) is 28.8 Å². The molecule has 1 saturated heterocycles. The second-order valence-corrected chi connectivity index (χ2v) is 6.52. The number of halogens is 1. The van der Waals surface area contributed by atoms with Crippen LogP contribution in [0.3, 0.4) is 0 Å². The van der Waals surface area contributed by atoms with Crippen LogP contribution < -0.4 is 10.6 Å². The number of hydrogen-bond donors (Lipinski definition) is 3. The van der Waals surface area contributed by atoms with Crippen LogP contribution in [0.15, 0.2) is 24.3 Å². The third kappa shape index (κ3) is 4.97. The molecule has 0 spiro atoms. The topological polar surface area (TPSA) is 61.4 Å². The number of piperidine rings is 1. The van der Waals surface area contributed by atoms with Crippen LogP contribution in [0.5, 0.6) is 0 Å². The molecule has 0 aliphatic carbocycles. The number of aliphatic hydroxyl groups excluding tert-OH is 1. The van der Waals surface area contributed by atoms with Crippen molar-refractivity contribution in [2.24, 2.45) is 11.8 Å². The quantitative estimate of drug-likeness (QED) is 0.753. The minimum Gasteiger partial charge on any atom is -0.387 e. The van der Waals surface area contributed by atoms with Crippen LogP contribution in [-0.2, 0) is 4.79 Å². The van der Waals surface area contributed by atoms with Crippen LogP contribution in [0, 0.1) is 11.8 Å². The summed E-state index contributed by atoms with van der Waals surface area (Å²) >= 11 is 6.04. The van der Waals surface area contributed by atoms with Crippen molar-refractivity contribution < 1.29 is 9.90 Å². The van der Waals surface area contributed by atoms with Gasteiger partial charge < -0.3 is 15.7 Å². The van der Waals surface area contributed by atoms with Gasteiger partial charge in [-0.25, -0.2) is 0 Å². The largest absolute Gasteiger partial charge is 0.387 e. The van der Waals surface area contributed by atoms with Crippen molar-refractivity contribution in [3.05, 3.63) is 34.9 Å². The maximum absolute atomic E-state index is 12.0. The Morgan fingerprint density at radius 1 is 1.41 bits per heavy atom. The summed E-state index contributed by atoms with van der Waals surface area (Å²) in [6.45, 7) is 4.42. The summed E-state index contributed by atoms with van der Waals surface area (Å²) in [5.74, 6) is 0.984. The summed E-state index contributed by atoms with van der Waals surface area (Å²) in [6.07, 6.45) is 2.01. The van der Waals surface area contributed by atoms with Crippen LogP contribution in [0.2, 0.25) is 5.02 Å². The lowest BCUT2D eigenvalue weighted by atomic mass is 9.84. The molecule has 1 aromatic carbocycles. The van der Waals surface area contributed by atoms with Crippen molar-refractivity contribution in [1.29, 1.82) is 0 Å². The van der Waals surface area contributed by atoms with Crippen molar-refractivity contribution in [3.63, 3.8) is 0 Å². The number of aliphatic hydroxyl groups is 1. The van der Waals surface area contributed by atoms with E-state index in [4.69, 9.17) is 11.6 Å². The molecule has 0 radical (unpaired) electrons. The van der Waals surface area contributed by atoms with Crippen molar-refractivity contribution >= 4 is 17.5 Å². The van der Waals surface area contributed by atoms with E-state index in [1.165, 1.54) is 0 Å². The molecule has 1 heterocycles. The fourth-order valence-corrected chi connectivity index (χ4v) is 3.27. The molecular weight excluding hydrogens is 300 g/mol. The van der Waals surface area contributed by atoms with Gasteiger partial charge in [-0.1, -0.05) is 36.7 Å². The Kier molecular flexibility index (Phi) is 6.68. The molecule has 1 amide bonds. The first-order chi connectivity index (χ1) is 10.6. The van der Waals surface area contributed by atoms with Gasteiger partial charge in [-0.2, -0.15) is 0 Å². The Labute approximate surface area is 137 Å². The molecule has 3 N–H and O–H groups in total. The molecule has 5 heteroatoms. The maximum Gasteiger partial charge on any atom is 0.220 e. The molecule has 4 nitrogen and oxygen atoms in total. The maximum atomic E-state index is 12.0. The number of carbonyl (C=O) groups excluding carboxylic acids is 1. The summed E-state index contributed by atoms with van der Waals surface area (Å²) in [6, 6.07) is 7.15. The summed E-state index contributed by atoms with van der Waals surface area (Å²) < 4.78 is 0. The fraction of sp³-hybridized carbons (Fsp3) is 0.588. The highest BCUT2D eigenvalue weighted by atomic mass is 35.5. The number of benzene rings is 1. The zero-order valence-corrected chi connectivity index (χ0v) is 13.8. The molecular formula is C17H25ClN2O2. The van der Waals surface area contributed by atoms with Crippen molar-refractivity contribution in [3.8, 4) is 0 Å². The van der Waals surface area contributed by atoms with E-state index < -0.39 is 6.10 Å².